The minimum Gasteiger partial charge on any atom is -0.497 e. The molecule has 1 aromatic rings. The van der Waals surface area contributed by atoms with E-state index in [4.69, 9.17) is 14.2 Å². The number of ether oxygens (including phenoxy) is 3. The highest BCUT2D eigenvalue weighted by atomic mass is 16.5. The van der Waals surface area contributed by atoms with Gasteiger partial charge in [0, 0.05) is 20.7 Å². The molecule has 0 fully saturated rings. The lowest BCUT2D eigenvalue weighted by Gasteiger charge is -2.21. The van der Waals surface area contributed by atoms with Gasteiger partial charge in [-0.25, -0.2) is 0 Å². The van der Waals surface area contributed by atoms with Crippen LogP contribution in [-0.2, 0) is 4.74 Å². The zero-order chi connectivity index (χ0) is 15.1. The van der Waals surface area contributed by atoms with Gasteiger partial charge in [0.2, 0.25) is 0 Å². The van der Waals surface area contributed by atoms with E-state index in [2.05, 4.69) is 0 Å². The molecular weight excluding hydrogens is 262 g/mol. The van der Waals surface area contributed by atoms with Gasteiger partial charge in [0.1, 0.15) is 11.5 Å². The van der Waals surface area contributed by atoms with Gasteiger partial charge in [-0.15, -0.1) is 0 Å². The van der Waals surface area contributed by atoms with Crippen LogP contribution in [0, 0.1) is 0 Å². The van der Waals surface area contributed by atoms with Crippen LogP contribution in [0.3, 0.4) is 0 Å². The lowest BCUT2D eigenvalue weighted by molar-refractivity contribution is 0.0379. The molecular formula is C14H21NO5. The third kappa shape index (κ3) is 4.11. The van der Waals surface area contributed by atoms with Gasteiger partial charge in [-0.05, 0) is 18.2 Å². The zero-order valence-corrected chi connectivity index (χ0v) is 12.3. The average molecular weight is 283 g/mol. The average Bonchev–Trinajstić information content (AvgIpc) is 2.45. The quantitative estimate of drug-likeness (QED) is 0.801. The maximum atomic E-state index is 12.4. The Bertz CT molecular complexity index is 449. The first kappa shape index (κ1) is 16.3. The van der Waals surface area contributed by atoms with E-state index in [1.165, 1.54) is 26.2 Å². The third-order valence-corrected chi connectivity index (χ3v) is 2.83. The first-order chi connectivity index (χ1) is 9.53. The summed E-state index contributed by atoms with van der Waals surface area (Å²) >= 11 is 0. The highest BCUT2D eigenvalue weighted by molar-refractivity contribution is 5.97. The monoisotopic (exact) mass is 283 g/mol. The van der Waals surface area contributed by atoms with Crippen molar-refractivity contribution in [3.05, 3.63) is 23.8 Å². The fraction of sp³-hybridized carbons (Fsp3) is 0.500. The first-order valence-electron chi connectivity index (χ1n) is 6.18. The maximum absolute atomic E-state index is 12.4. The Balaban J connectivity index is 2.89. The standard InChI is InChI=1S/C14H21NO5/c1-15(8-10(16)9-18-2)14(17)12-7-11(19-3)5-6-13(12)20-4/h5-7,10,16H,8-9H2,1-4H3. The van der Waals surface area contributed by atoms with Crippen molar-refractivity contribution >= 4 is 5.91 Å². The molecule has 0 aliphatic carbocycles. The van der Waals surface area contributed by atoms with Crippen molar-refractivity contribution in [2.45, 2.75) is 6.10 Å². The molecule has 0 aliphatic heterocycles. The summed E-state index contributed by atoms with van der Waals surface area (Å²) in [7, 11) is 6.14. The molecule has 0 aliphatic rings. The van der Waals surface area contributed by atoms with Crippen LogP contribution in [0.4, 0.5) is 0 Å². The summed E-state index contributed by atoms with van der Waals surface area (Å²) in [6.07, 6.45) is -0.731. The molecule has 1 rings (SSSR count). The molecule has 1 N–H and O–H groups in total. The predicted octanol–water partition coefficient (Wildman–Crippen LogP) is 0.783. The van der Waals surface area contributed by atoms with Gasteiger partial charge in [-0.3, -0.25) is 4.79 Å². The number of carbonyl (C=O) groups is 1. The van der Waals surface area contributed by atoms with Crippen LogP contribution in [0.2, 0.25) is 0 Å². The van der Waals surface area contributed by atoms with Crippen LogP contribution in [0.5, 0.6) is 11.5 Å². The van der Waals surface area contributed by atoms with Crippen molar-refractivity contribution < 1.29 is 24.1 Å². The number of benzene rings is 1. The molecule has 1 aromatic carbocycles. The lowest BCUT2D eigenvalue weighted by atomic mass is 10.1. The molecule has 0 saturated carbocycles. The van der Waals surface area contributed by atoms with E-state index >= 15 is 0 Å². The summed E-state index contributed by atoms with van der Waals surface area (Å²) in [5, 5.41) is 9.67. The van der Waals surface area contributed by atoms with Crippen molar-refractivity contribution in [3.63, 3.8) is 0 Å². The molecule has 6 heteroatoms. The highest BCUT2D eigenvalue weighted by Gasteiger charge is 2.19. The summed E-state index contributed by atoms with van der Waals surface area (Å²) < 4.78 is 15.1. The number of hydrogen-bond donors (Lipinski definition) is 1. The van der Waals surface area contributed by atoms with Gasteiger partial charge < -0.3 is 24.2 Å². The SMILES string of the molecule is COCC(O)CN(C)C(=O)c1cc(OC)ccc1OC. The van der Waals surface area contributed by atoms with E-state index in [1.807, 2.05) is 0 Å². The van der Waals surface area contributed by atoms with Gasteiger partial charge in [0.05, 0.1) is 32.5 Å². The van der Waals surface area contributed by atoms with Gasteiger partial charge in [0.15, 0.2) is 0 Å². The largest absolute Gasteiger partial charge is 0.497 e. The van der Waals surface area contributed by atoms with Crippen molar-refractivity contribution in [2.75, 3.05) is 41.5 Å². The molecule has 0 heterocycles. The van der Waals surface area contributed by atoms with E-state index in [9.17, 15) is 9.90 Å². The van der Waals surface area contributed by atoms with E-state index in [0.717, 1.165) is 0 Å². The van der Waals surface area contributed by atoms with E-state index in [1.54, 1.807) is 25.2 Å². The number of carbonyl (C=O) groups excluding carboxylic acids is 1. The minimum absolute atomic E-state index is 0.173. The number of nitrogens with zero attached hydrogens (tertiary/aromatic N) is 1. The number of aliphatic hydroxyl groups excluding tert-OH is 1. The Morgan fingerprint density at radius 1 is 1.30 bits per heavy atom. The molecule has 0 aromatic heterocycles. The summed E-state index contributed by atoms with van der Waals surface area (Å²) in [6.45, 7) is 0.347. The molecule has 0 spiro atoms. The Hall–Kier alpha value is -1.79. The van der Waals surface area contributed by atoms with Gasteiger partial charge in [-0.1, -0.05) is 0 Å². The van der Waals surface area contributed by atoms with Crippen LogP contribution in [0.1, 0.15) is 10.4 Å². The Morgan fingerprint density at radius 3 is 2.55 bits per heavy atom. The zero-order valence-electron chi connectivity index (χ0n) is 12.3. The van der Waals surface area contributed by atoms with Crippen LogP contribution in [0.15, 0.2) is 18.2 Å². The summed E-state index contributed by atoms with van der Waals surface area (Å²) in [4.78, 5) is 13.8. The summed E-state index contributed by atoms with van der Waals surface area (Å²) in [6, 6.07) is 5.00. The second-order valence-corrected chi connectivity index (χ2v) is 4.36. The molecule has 0 bridgehead atoms. The smallest absolute Gasteiger partial charge is 0.257 e. The maximum Gasteiger partial charge on any atom is 0.257 e. The second-order valence-electron chi connectivity index (χ2n) is 4.36. The van der Waals surface area contributed by atoms with Crippen LogP contribution < -0.4 is 9.47 Å². The lowest BCUT2D eigenvalue weighted by Crippen LogP contribution is -2.36. The number of hydrogen-bond acceptors (Lipinski definition) is 5. The molecule has 20 heavy (non-hydrogen) atoms. The molecule has 1 atom stereocenters. The molecule has 1 unspecified atom stereocenters. The van der Waals surface area contributed by atoms with E-state index in [0.29, 0.717) is 17.1 Å². The van der Waals surface area contributed by atoms with E-state index in [-0.39, 0.29) is 19.1 Å². The Labute approximate surface area is 118 Å². The van der Waals surface area contributed by atoms with Crippen LogP contribution in [0.25, 0.3) is 0 Å². The Kier molecular flexibility index (Phi) is 6.27. The fourth-order valence-electron chi connectivity index (χ4n) is 1.83. The second kappa shape index (κ2) is 7.72. The summed E-state index contributed by atoms with van der Waals surface area (Å²) in [5.41, 5.74) is 0.388. The fourth-order valence-corrected chi connectivity index (χ4v) is 1.83. The third-order valence-electron chi connectivity index (χ3n) is 2.83. The summed E-state index contributed by atoms with van der Waals surface area (Å²) in [5.74, 6) is 0.778. The van der Waals surface area contributed by atoms with Gasteiger partial charge in [0.25, 0.3) is 5.91 Å². The molecule has 0 radical (unpaired) electrons. The number of methoxy groups -OCH3 is 3. The normalized spacial score (nSPS) is 11.8. The van der Waals surface area contributed by atoms with Crippen molar-refractivity contribution in [1.29, 1.82) is 0 Å². The van der Waals surface area contributed by atoms with Crippen molar-refractivity contribution in [3.8, 4) is 11.5 Å². The number of rotatable bonds is 7. The van der Waals surface area contributed by atoms with Crippen LogP contribution >= 0.6 is 0 Å². The molecule has 112 valence electrons. The topological polar surface area (TPSA) is 68.2 Å². The molecule has 1 amide bonds. The predicted molar refractivity (Wildman–Crippen MR) is 74.4 cm³/mol. The van der Waals surface area contributed by atoms with Crippen molar-refractivity contribution in [2.24, 2.45) is 0 Å². The molecule has 6 nitrogen and oxygen atoms in total. The first-order valence-corrected chi connectivity index (χ1v) is 6.18. The minimum atomic E-state index is -0.731. The van der Waals surface area contributed by atoms with Crippen molar-refractivity contribution in [1.82, 2.24) is 4.90 Å². The molecule has 0 saturated heterocycles. The number of aliphatic hydroxyl groups is 1. The van der Waals surface area contributed by atoms with E-state index < -0.39 is 6.10 Å². The van der Waals surface area contributed by atoms with Gasteiger partial charge in [-0.2, -0.15) is 0 Å². The van der Waals surface area contributed by atoms with Crippen LogP contribution in [-0.4, -0.2) is 63.5 Å². The number of amides is 1. The Morgan fingerprint density at radius 2 is 2.00 bits per heavy atom. The number of likely N-dealkylation sites (N-methyl/N-ethyl adjacent to an activating group) is 1. The highest BCUT2D eigenvalue weighted by Crippen LogP contribution is 2.25. The van der Waals surface area contributed by atoms with Gasteiger partial charge >= 0.3 is 0 Å².